The Hall–Kier alpha value is -1.45. The van der Waals surface area contributed by atoms with E-state index in [2.05, 4.69) is 24.8 Å². The van der Waals surface area contributed by atoms with E-state index in [1.165, 1.54) is 5.56 Å². The summed E-state index contributed by atoms with van der Waals surface area (Å²) in [5.41, 5.74) is 8.50. The lowest BCUT2D eigenvalue weighted by Gasteiger charge is -2.26. The van der Waals surface area contributed by atoms with E-state index in [0.29, 0.717) is 0 Å². The maximum absolute atomic E-state index is 6.19. The van der Waals surface area contributed by atoms with Crippen LogP contribution in [0.2, 0.25) is 5.02 Å². The molecule has 0 aliphatic carbocycles. The maximum Gasteiger partial charge on any atom is 0.123 e. The average molecular weight is 307 g/mol. The van der Waals surface area contributed by atoms with Crippen molar-refractivity contribution in [3.8, 4) is 0 Å². The average Bonchev–Trinajstić information content (AvgIpc) is 2.99. The van der Waals surface area contributed by atoms with Crippen molar-refractivity contribution in [2.75, 3.05) is 11.4 Å². The van der Waals surface area contributed by atoms with Crippen LogP contribution in [-0.4, -0.2) is 12.6 Å². The van der Waals surface area contributed by atoms with Crippen LogP contribution in [0.1, 0.15) is 31.6 Å². The molecule has 0 bridgehead atoms. The third kappa shape index (κ3) is 4.26. The second kappa shape index (κ2) is 7.53. The Labute approximate surface area is 131 Å². The van der Waals surface area contributed by atoms with Gasteiger partial charge in [-0.15, -0.1) is 0 Å². The Morgan fingerprint density at radius 1 is 1.29 bits per heavy atom. The first-order valence-electron chi connectivity index (χ1n) is 7.45. The molecule has 2 rings (SSSR count). The Balaban J connectivity index is 2.27. The molecule has 1 heterocycles. The Kier molecular flexibility index (Phi) is 5.71. The van der Waals surface area contributed by atoms with Crippen LogP contribution in [0.25, 0.3) is 0 Å². The zero-order valence-electron chi connectivity index (χ0n) is 12.7. The van der Waals surface area contributed by atoms with Crippen molar-refractivity contribution in [2.45, 2.75) is 39.3 Å². The van der Waals surface area contributed by atoms with Crippen LogP contribution < -0.4 is 10.6 Å². The highest BCUT2D eigenvalue weighted by molar-refractivity contribution is 6.30. The molecular weight excluding hydrogens is 284 g/mol. The van der Waals surface area contributed by atoms with E-state index in [9.17, 15) is 0 Å². The van der Waals surface area contributed by atoms with Crippen molar-refractivity contribution in [3.63, 3.8) is 0 Å². The molecule has 0 saturated carbocycles. The monoisotopic (exact) mass is 306 g/mol. The van der Waals surface area contributed by atoms with Gasteiger partial charge in [-0.2, -0.15) is 0 Å². The van der Waals surface area contributed by atoms with Crippen LogP contribution in [0.15, 0.2) is 41.0 Å². The van der Waals surface area contributed by atoms with Gasteiger partial charge in [0.05, 0.1) is 12.8 Å². The van der Waals surface area contributed by atoms with Crippen molar-refractivity contribution in [1.82, 2.24) is 0 Å². The van der Waals surface area contributed by atoms with Gasteiger partial charge in [-0.25, -0.2) is 0 Å². The zero-order chi connectivity index (χ0) is 15.2. The lowest BCUT2D eigenvalue weighted by Crippen LogP contribution is -2.26. The van der Waals surface area contributed by atoms with Gasteiger partial charge >= 0.3 is 0 Å². The standard InChI is InChI=1S/C17H23ClN2O/c1-3-15(19)10-13-7-8-14(18)11-17(13)20(4-2)12-16-6-5-9-21-16/h5-9,11,15H,3-4,10,12,19H2,1-2H3. The predicted molar refractivity (Wildman–Crippen MR) is 88.9 cm³/mol. The van der Waals surface area contributed by atoms with Gasteiger partial charge in [0, 0.05) is 23.3 Å². The predicted octanol–water partition coefficient (Wildman–Crippen LogP) is 4.24. The van der Waals surface area contributed by atoms with Crippen molar-refractivity contribution >= 4 is 17.3 Å². The van der Waals surface area contributed by atoms with Gasteiger partial charge in [0.2, 0.25) is 0 Å². The molecule has 0 aliphatic rings. The number of nitrogens with two attached hydrogens (primary N) is 1. The highest BCUT2D eigenvalue weighted by Crippen LogP contribution is 2.27. The van der Waals surface area contributed by atoms with E-state index in [0.717, 1.165) is 42.4 Å². The first-order chi connectivity index (χ1) is 10.1. The molecule has 4 heteroatoms. The third-order valence-corrected chi connectivity index (χ3v) is 3.94. The molecule has 2 aromatic rings. The lowest BCUT2D eigenvalue weighted by atomic mass is 10.0. The molecule has 1 unspecified atom stereocenters. The topological polar surface area (TPSA) is 42.4 Å². The van der Waals surface area contributed by atoms with Gasteiger partial charge in [-0.05, 0) is 49.6 Å². The van der Waals surface area contributed by atoms with Crippen LogP contribution in [0.5, 0.6) is 0 Å². The van der Waals surface area contributed by atoms with E-state index in [1.54, 1.807) is 6.26 Å². The fourth-order valence-electron chi connectivity index (χ4n) is 2.39. The molecule has 0 radical (unpaired) electrons. The molecule has 2 N–H and O–H groups in total. The molecule has 0 fully saturated rings. The van der Waals surface area contributed by atoms with Crippen LogP contribution in [0, 0.1) is 0 Å². The summed E-state index contributed by atoms with van der Waals surface area (Å²) in [7, 11) is 0. The number of rotatable bonds is 7. The summed E-state index contributed by atoms with van der Waals surface area (Å²) in [5, 5.41) is 0.747. The molecule has 3 nitrogen and oxygen atoms in total. The molecular formula is C17H23ClN2O. The SMILES string of the molecule is CCC(N)Cc1ccc(Cl)cc1N(CC)Cc1ccco1. The molecule has 1 aromatic heterocycles. The Morgan fingerprint density at radius 2 is 2.10 bits per heavy atom. The highest BCUT2D eigenvalue weighted by atomic mass is 35.5. The molecule has 0 aliphatic heterocycles. The summed E-state index contributed by atoms with van der Waals surface area (Å²) in [6.45, 7) is 5.86. The van der Waals surface area contributed by atoms with E-state index in [-0.39, 0.29) is 6.04 Å². The van der Waals surface area contributed by atoms with Crippen LogP contribution >= 0.6 is 11.6 Å². The van der Waals surface area contributed by atoms with Crippen molar-refractivity contribution in [1.29, 1.82) is 0 Å². The fraction of sp³-hybridized carbons (Fsp3) is 0.412. The van der Waals surface area contributed by atoms with Crippen LogP contribution in [0.3, 0.4) is 0 Å². The van der Waals surface area contributed by atoms with Gasteiger partial charge in [-0.3, -0.25) is 0 Å². The molecule has 21 heavy (non-hydrogen) atoms. The van der Waals surface area contributed by atoms with Crippen molar-refractivity contribution < 1.29 is 4.42 Å². The van der Waals surface area contributed by atoms with Gasteiger partial charge in [0.25, 0.3) is 0 Å². The first kappa shape index (κ1) is 15.9. The van der Waals surface area contributed by atoms with Crippen molar-refractivity contribution in [2.24, 2.45) is 5.73 Å². The zero-order valence-corrected chi connectivity index (χ0v) is 13.4. The van der Waals surface area contributed by atoms with E-state index in [4.69, 9.17) is 21.8 Å². The minimum Gasteiger partial charge on any atom is -0.467 e. The number of nitrogens with zero attached hydrogens (tertiary/aromatic N) is 1. The van der Waals surface area contributed by atoms with Crippen LogP contribution in [-0.2, 0) is 13.0 Å². The molecule has 114 valence electrons. The number of halogens is 1. The quantitative estimate of drug-likeness (QED) is 0.832. The van der Waals surface area contributed by atoms with Gasteiger partial charge < -0.3 is 15.1 Å². The molecule has 0 amide bonds. The van der Waals surface area contributed by atoms with Crippen molar-refractivity contribution in [3.05, 3.63) is 52.9 Å². The Bertz CT molecular complexity index is 554. The van der Waals surface area contributed by atoms with Gasteiger partial charge in [0.15, 0.2) is 0 Å². The fourth-order valence-corrected chi connectivity index (χ4v) is 2.56. The second-order valence-electron chi connectivity index (χ2n) is 5.24. The van der Waals surface area contributed by atoms with Gasteiger partial charge in [0.1, 0.15) is 5.76 Å². The molecule has 1 aromatic carbocycles. The number of hydrogen-bond donors (Lipinski definition) is 1. The lowest BCUT2D eigenvalue weighted by molar-refractivity contribution is 0.503. The summed E-state index contributed by atoms with van der Waals surface area (Å²) in [5.74, 6) is 0.947. The molecule has 0 spiro atoms. The summed E-state index contributed by atoms with van der Waals surface area (Å²) in [6, 6.07) is 10.1. The highest BCUT2D eigenvalue weighted by Gasteiger charge is 2.14. The number of anilines is 1. The largest absolute Gasteiger partial charge is 0.467 e. The summed E-state index contributed by atoms with van der Waals surface area (Å²) < 4.78 is 5.46. The third-order valence-electron chi connectivity index (χ3n) is 3.70. The summed E-state index contributed by atoms with van der Waals surface area (Å²) in [6.07, 6.45) is 3.53. The first-order valence-corrected chi connectivity index (χ1v) is 7.83. The minimum absolute atomic E-state index is 0.173. The minimum atomic E-state index is 0.173. The number of hydrogen-bond acceptors (Lipinski definition) is 3. The summed E-state index contributed by atoms with van der Waals surface area (Å²) in [4.78, 5) is 2.27. The maximum atomic E-state index is 6.19. The second-order valence-corrected chi connectivity index (χ2v) is 5.68. The van der Waals surface area contributed by atoms with E-state index in [1.807, 2.05) is 24.3 Å². The number of furan rings is 1. The molecule has 0 saturated heterocycles. The van der Waals surface area contributed by atoms with Crippen LogP contribution in [0.4, 0.5) is 5.69 Å². The van der Waals surface area contributed by atoms with E-state index < -0.39 is 0 Å². The van der Waals surface area contributed by atoms with Gasteiger partial charge in [-0.1, -0.05) is 24.6 Å². The summed E-state index contributed by atoms with van der Waals surface area (Å²) >= 11 is 6.19. The Morgan fingerprint density at radius 3 is 2.71 bits per heavy atom. The number of benzene rings is 1. The van der Waals surface area contributed by atoms with E-state index >= 15 is 0 Å². The smallest absolute Gasteiger partial charge is 0.123 e. The molecule has 1 atom stereocenters. The normalized spacial score (nSPS) is 12.4.